The molecular formula is C47H80NO9P. The van der Waals surface area contributed by atoms with Crippen molar-refractivity contribution in [3.8, 4) is 0 Å². The number of phosphoric acid groups is 1. The molecule has 3 N–H and O–H groups in total. The van der Waals surface area contributed by atoms with Gasteiger partial charge in [0.05, 0.1) is 25.4 Å². The van der Waals surface area contributed by atoms with Crippen LogP contribution >= 0.6 is 7.82 Å². The lowest BCUT2D eigenvalue weighted by Gasteiger charge is -2.19. The Morgan fingerprint density at radius 3 is 1.72 bits per heavy atom. The van der Waals surface area contributed by atoms with Crippen molar-refractivity contribution in [1.29, 1.82) is 0 Å². The van der Waals surface area contributed by atoms with E-state index in [0.717, 1.165) is 64.2 Å². The summed E-state index contributed by atoms with van der Waals surface area (Å²) in [5.74, 6) is -0.940. The zero-order valence-electron chi connectivity index (χ0n) is 36.2. The van der Waals surface area contributed by atoms with Crippen molar-refractivity contribution in [1.82, 2.24) is 0 Å². The number of allylic oxidation sites excluding steroid dienone is 10. The van der Waals surface area contributed by atoms with E-state index in [1.54, 1.807) is 0 Å². The van der Waals surface area contributed by atoms with Gasteiger partial charge in [-0.3, -0.25) is 18.6 Å². The second-order valence-corrected chi connectivity index (χ2v) is 16.4. The minimum Gasteiger partial charge on any atom is -0.462 e. The van der Waals surface area contributed by atoms with Gasteiger partial charge in [0.2, 0.25) is 0 Å². The Balaban J connectivity index is 2.21. The second-order valence-electron chi connectivity index (χ2n) is 14.9. The molecule has 3 unspecified atom stereocenters. The number of carbonyl (C=O) groups excluding carboxylic acids is 2. The van der Waals surface area contributed by atoms with E-state index >= 15 is 0 Å². The van der Waals surface area contributed by atoms with E-state index in [1.165, 1.54) is 64.2 Å². The van der Waals surface area contributed by atoms with Crippen LogP contribution in [0, 0.1) is 0 Å². The molecule has 0 bridgehead atoms. The predicted molar refractivity (Wildman–Crippen MR) is 237 cm³/mol. The summed E-state index contributed by atoms with van der Waals surface area (Å²) in [6.07, 6.45) is 49.8. The summed E-state index contributed by atoms with van der Waals surface area (Å²) < 4.78 is 38.4. The summed E-state index contributed by atoms with van der Waals surface area (Å²) in [6, 6.07) is 0. The van der Waals surface area contributed by atoms with Crippen LogP contribution in [-0.2, 0) is 37.4 Å². The summed E-state index contributed by atoms with van der Waals surface area (Å²) in [5, 5.41) is 0. The summed E-state index contributed by atoms with van der Waals surface area (Å²) >= 11 is 0. The Hall–Kier alpha value is -2.59. The van der Waals surface area contributed by atoms with Crippen molar-refractivity contribution >= 4 is 19.8 Å². The highest BCUT2D eigenvalue weighted by Crippen LogP contribution is 2.43. The number of unbranched alkanes of at least 4 members (excludes halogenated alkanes) is 13. The number of hydrogen-bond donors (Lipinski definition) is 2. The molecule has 1 rings (SSSR count). The van der Waals surface area contributed by atoms with Gasteiger partial charge in [-0.2, -0.15) is 0 Å². The standard InChI is InChI=1S/C47H80NO9P/c1-3-5-7-8-9-10-11-12-13-14-15-16-21-24-27-30-34-38-47(50)56-43(42-55-58(51,52)54-40-39-48)41-53-46(49)37-33-29-26-23-20-18-17-19-22-25-28-32-36-45-44(57-45)35-31-6-4-2/h6,12-13,18-20,22,26,28-29,31-32,43-45H,3-5,7-11,14-17,21,23-25,27,30,33-42,48H2,1-2H3,(H,51,52)/b13-12-,20-18-,22-19-,29-26-,31-6-,32-28-/t43-,44?,45?/m1/s1. The number of phosphoric ester groups is 1. The van der Waals surface area contributed by atoms with Crippen LogP contribution in [0.2, 0.25) is 0 Å². The zero-order valence-corrected chi connectivity index (χ0v) is 37.1. The summed E-state index contributed by atoms with van der Waals surface area (Å²) in [6.45, 7) is 3.51. The Bertz CT molecular complexity index is 1240. The molecule has 1 saturated heterocycles. The number of epoxide rings is 1. The molecule has 0 aromatic carbocycles. The normalized spacial score (nSPS) is 17.4. The maximum absolute atomic E-state index is 12.6. The van der Waals surface area contributed by atoms with E-state index < -0.39 is 32.5 Å². The molecule has 1 aliphatic heterocycles. The molecule has 332 valence electrons. The molecule has 4 atom stereocenters. The third-order valence-electron chi connectivity index (χ3n) is 9.49. The average molecular weight is 834 g/mol. The van der Waals surface area contributed by atoms with Crippen LogP contribution in [-0.4, -0.2) is 61.5 Å². The summed E-state index contributed by atoms with van der Waals surface area (Å²) in [5.41, 5.74) is 5.35. The highest BCUT2D eigenvalue weighted by atomic mass is 31.2. The SMILES string of the molecule is CC/C=C\CC1OC1C/C=C\C/C=C\C/C=C\C/C=C\CCC(=O)OC[C@H](COP(=O)(O)OCCN)OC(=O)CCCCCCCCC/C=C\CCCCCCCC. The van der Waals surface area contributed by atoms with Crippen LogP contribution in [0.25, 0.3) is 0 Å². The molecule has 1 fully saturated rings. The van der Waals surface area contributed by atoms with Crippen molar-refractivity contribution in [3.63, 3.8) is 0 Å². The lowest BCUT2D eigenvalue weighted by molar-refractivity contribution is -0.161. The van der Waals surface area contributed by atoms with Crippen LogP contribution in [0.5, 0.6) is 0 Å². The fraction of sp³-hybridized carbons (Fsp3) is 0.702. The first-order chi connectivity index (χ1) is 28.3. The highest BCUT2D eigenvalue weighted by Gasteiger charge is 2.36. The molecule has 1 aliphatic rings. The van der Waals surface area contributed by atoms with Gasteiger partial charge in [-0.15, -0.1) is 0 Å². The molecule has 0 aliphatic carbocycles. The van der Waals surface area contributed by atoms with E-state index in [0.29, 0.717) is 25.0 Å². The van der Waals surface area contributed by atoms with Gasteiger partial charge in [-0.25, -0.2) is 4.57 Å². The molecule has 1 heterocycles. The van der Waals surface area contributed by atoms with Gasteiger partial charge in [0.25, 0.3) is 0 Å². The van der Waals surface area contributed by atoms with Crippen molar-refractivity contribution in [2.75, 3.05) is 26.4 Å². The monoisotopic (exact) mass is 834 g/mol. The van der Waals surface area contributed by atoms with Crippen LogP contribution in [0.15, 0.2) is 72.9 Å². The average Bonchev–Trinajstić information content (AvgIpc) is 3.97. The molecule has 10 nitrogen and oxygen atoms in total. The van der Waals surface area contributed by atoms with Gasteiger partial charge in [0, 0.05) is 19.4 Å². The van der Waals surface area contributed by atoms with Crippen LogP contribution in [0.1, 0.15) is 168 Å². The van der Waals surface area contributed by atoms with Gasteiger partial charge in [0.1, 0.15) is 6.61 Å². The smallest absolute Gasteiger partial charge is 0.462 e. The van der Waals surface area contributed by atoms with Gasteiger partial charge in [-0.1, -0.05) is 151 Å². The number of rotatable bonds is 40. The molecule has 58 heavy (non-hydrogen) atoms. The number of esters is 2. The molecular weight excluding hydrogens is 753 g/mol. The quantitative estimate of drug-likeness (QED) is 0.0201. The van der Waals surface area contributed by atoms with Crippen molar-refractivity contribution in [3.05, 3.63) is 72.9 Å². The zero-order chi connectivity index (χ0) is 42.2. The number of hydrogen-bond acceptors (Lipinski definition) is 9. The maximum atomic E-state index is 12.6. The number of nitrogens with two attached hydrogens (primary N) is 1. The minimum atomic E-state index is -4.40. The molecule has 0 saturated carbocycles. The Labute approximate surface area is 352 Å². The lowest BCUT2D eigenvalue weighted by Crippen LogP contribution is -2.29. The number of carbonyl (C=O) groups is 2. The Morgan fingerprint density at radius 2 is 1.14 bits per heavy atom. The van der Waals surface area contributed by atoms with E-state index in [9.17, 15) is 19.0 Å². The third-order valence-corrected chi connectivity index (χ3v) is 10.5. The van der Waals surface area contributed by atoms with Gasteiger partial charge in [0.15, 0.2) is 6.10 Å². The molecule has 0 radical (unpaired) electrons. The van der Waals surface area contributed by atoms with E-state index in [4.69, 9.17) is 29.0 Å². The van der Waals surface area contributed by atoms with Crippen LogP contribution in [0.3, 0.4) is 0 Å². The summed E-state index contributed by atoms with van der Waals surface area (Å²) in [7, 11) is -4.40. The maximum Gasteiger partial charge on any atom is 0.472 e. The molecule has 0 aromatic rings. The van der Waals surface area contributed by atoms with Crippen molar-refractivity contribution in [2.24, 2.45) is 5.73 Å². The van der Waals surface area contributed by atoms with Crippen molar-refractivity contribution in [2.45, 2.75) is 186 Å². The largest absolute Gasteiger partial charge is 0.472 e. The van der Waals surface area contributed by atoms with E-state index in [-0.39, 0.29) is 32.6 Å². The van der Waals surface area contributed by atoms with Crippen molar-refractivity contribution < 1.29 is 42.3 Å². The lowest BCUT2D eigenvalue weighted by atomic mass is 10.1. The second kappa shape index (κ2) is 38.6. The Kier molecular flexibility index (Phi) is 35.6. The molecule has 0 amide bonds. The van der Waals surface area contributed by atoms with Gasteiger partial charge in [-0.05, 0) is 77.0 Å². The predicted octanol–water partition coefficient (Wildman–Crippen LogP) is 12.0. The molecule has 0 spiro atoms. The minimum absolute atomic E-state index is 0.0382. The topological polar surface area (TPSA) is 147 Å². The first-order valence-corrected chi connectivity index (χ1v) is 24.0. The van der Waals surface area contributed by atoms with Crippen LogP contribution < -0.4 is 5.73 Å². The highest BCUT2D eigenvalue weighted by molar-refractivity contribution is 7.47. The van der Waals surface area contributed by atoms with Crippen LogP contribution in [0.4, 0.5) is 0 Å². The first-order valence-electron chi connectivity index (χ1n) is 22.5. The van der Waals surface area contributed by atoms with Gasteiger partial charge < -0.3 is 24.8 Å². The van der Waals surface area contributed by atoms with E-state index in [1.807, 2.05) is 12.2 Å². The third kappa shape index (κ3) is 35.4. The fourth-order valence-corrected chi connectivity index (χ4v) is 6.81. The number of ether oxygens (including phenoxy) is 3. The van der Waals surface area contributed by atoms with E-state index in [2.05, 4.69) is 74.6 Å². The molecule has 11 heteroatoms. The fourth-order valence-electron chi connectivity index (χ4n) is 6.05. The van der Waals surface area contributed by atoms with Gasteiger partial charge >= 0.3 is 19.8 Å². The first kappa shape index (κ1) is 53.4. The summed E-state index contributed by atoms with van der Waals surface area (Å²) in [4.78, 5) is 34.9. The molecule has 0 aromatic heterocycles. The Morgan fingerprint density at radius 1 is 0.621 bits per heavy atom.